The molecule has 140 valence electrons. The van der Waals surface area contributed by atoms with Crippen LogP contribution in [0.2, 0.25) is 0 Å². The Labute approximate surface area is 167 Å². The molecule has 0 aliphatic heterocycles. The van der Waals surface area contributed by atoms with E-state index in [1.807, 2.05) is 36.4 Å². The zero-order chi connectivity index (χ0) is 19.9. The van der Waals surface area contributed by atoms with E-state index in [-0.39, 0.29) is 17.5 Å². The SMILES string of the molecule is CCOC(=O)CSc1nc(-c2ccccc2)cc(-c2ccc(F)cc2)c1C#N. The molecule has 6 heteroatoms. The van der Waals surface area contributed by atoms with Crippen LogP contribution >= 0.6 is 11.8 Å². The lowest BCUT2D eigenvalue weighted by Crippen LogP contribution is -2.07. The topological polar surface area (TPSA) is 63.0 Å². The predicted molar refractivity (Wildman–Crippen MR) is 107 cm³/mol. The monoisotopic (exact) mass is 392 g/mol. The fourth-order valence-corrected chi connectivity index (χ4v) is 3.48. The molecule has 0 radical (unpaired) electrons. The largest absolute Gasteiger partial charge is 0.465 e. The molecule has 0 fully saturated rings. The molecule has 0 bridgehead atoms. The number of halogens is 1. The van der Waals surface area contributed by atoms with Crippen LogP contribution in [0.1, 0.15) is 12.5 Å². The van der Waals surface area contributed by atoms with Gasteiger partial charge in [0.1, 0.15) is 16.9 Å². The number of hydrogen-bond donors (Lipinski definition) is 0. The van der Waals surface area contributed by atoms with E-state index < -0.39 is 0 Å². The lowest BCUT2D eigenvalue weighted by molar-refractivity contribution is -0.139. The lowest BCUT2D eigenvalue weighted by Gasteiger charge is -2.12. The summed E-state index contributed by atoms with van der Waals surface area (Å²) in [6.45, 7) is 2.03. The molecule has 0 amide bonds. The Hall–Kier alpha value is -3.17. The van der Waals surface area contributed by atoms with Crippen molar-refractivity contribution in [1.82, 2.24) is 4.98 Å². The Balaban J connectivity index is 2.11. The highest BCUT2D eigenvalue weighted by atomic mass is 32.2. The lowest BCUT2D eigenvalue weighted by atomic mass is 9.99. The van der Waals surface area contributed by atoms with Crippen molar-refractivity contribution in [3.63, 3.8) is 0 Å². The minimum atomic E-state index is -0.369. The van der Waals surface area contributed by atoms with Gasteiger partial charge in [-0.1, -0.05) is 54.2 Å². The number of rotatable bonds is 6. The van der Waals surface area contributed by atoms with Crippen LogP contribution in [0.4, 0.5) is 4.39 Å². The van der Waals surface area contributed by atoms with E-state index >= 15 is 0 Å². The minimum Gasteiger partial charge on any atom is -0.465 e. The van der Waals surface area contributed by atoms with Crippen LogP contribution < -0.4 is 0 Å². The van der Waals surface area contributed by atoms with Gasteiger partial charge < -0.3 is 4.74 Å². The first kappa shape index (κ1) is 19.6. The van der Waals surface area contributed by atoms with E-state index in [0.29, 0.717) is 34.0 Å². The Morgan fingerprint density at radius 1 is 1.14 bits per heavy atom. The molecule has 0 aliphatic rings. The van der Waals surface area contributed by atoms with E-state index in [2.05, 4.69) is 11.1 Å². The number of thioether (sulfide) groups is 1. The van der Waals surface area contributed by atoms with Gasteiger partial charge >= 0.3 is 5.97 Å². The molecule has 0 saturated carbocycles. The molecule has 0 saturated heterocycles. The maximum atomic E-state index is 13.4. The molecule has 4 nitrogen and oxygen atoms in total. The number of benzene rings is 2. The van der Waals surface area contributed by atoms with Gasteiger partial charge in [-0.2, -0.15) is 5.26 Å². The third-order valence-corrected chi connectivity index (χ3v) is 4.90. The molecular formula is C22H17FN2O2S. The second-order valence-corrected chi connectivity index (χ2v) is 6.78. The van der Waals surface area contributed by atoms with Crippen LogP contribution in [0.25, 0.3) is 22.4 Å². The average Bonchev–Trinajstić information content (AvgIpc) is 2.73. The summed E-state index contributed by atoms with van der Waals surface area (Å²) in [7, 11) is 0. The Morgan fingerprint density at radius 3 is 2.50 bits per heavy atom. The number of carbonyl (C=O) groups is 1. The molecule has 0 aliphatic carbocycles. The fraction of sp³-hybridized carbons (Fsp3) is 0.136. The van der Waals surface area contributed by atoms with Gasteiger partial charge in [-0.05, 0) is 30.7 Å². The van der Waals surface area contributed by atoms with Crippen LogP contribution in [-0.4, -0.2) is 23.3 Å². The third-order valence-electron chi connectivity index (χ3n) is 3.95. The van der Waals surface area contributed by atoms with Gasteiger partial charge in [0.15, 0.2) is 0 Å². The highest BCUT2D eigenvalue weighted by Gasteiger charge is 2.17. The number of ether oxygens (including phenoxy) is 1. The summed E-state index contributed by atoms with van der Waals surface area (Å²) in [5, 5.41) is 10.2. The van der Waals surface area contributed by atoms with Crippen molar-refractivity contribution in [2.75, 3.05) is 12.4 Å². The summed E-state index contributed by atoms with van der Waals surface area (Å²) in [5.74, 6) is -0.667. The first-order valence-corrected chi connectivity index (χ1v) is 9.66. The Bertz CT molecular complexity index is 1020. The van der Waals surface area contributed by atoms with Crippen molar-refractivity contribution >= 4 is 17.7 Å². The number of pyridine rings is 1. The zero-order valence-electron chi connectivity index (χ0n) is 15.2. The van der Waals surface area contributed by atoms with E-state index in [1.54, 1.807) is 19.1 Å². The molecule has 1 aromatic heterocycles. The number of nitrogens with zero attached hydrogens (tertiary/aromatic N) is 2. The van der Waals surface area contributed by atoms with Crippen LogP contribution in [0.15, 0.2) is 65.7 Å². The molecular weight excluding hydrogens is 375 g/mol. The predicted octanol–water partition coefficient (Wildman–Crippen LogP) is 5.08. The summed E-state index contributed by atoms with van der Waals surface area (Å²) in [5.41, 5.74) is 3.25. The van der Waals surface area contributed by atoms with Crippen molar-refractivity contribution < 1.29 is 13.9 Å². The van der Waals surface area contributed by atoms with Gasteiger partial charge in [0.2, 0.25) is 0 Å². The van der Waals surface area contributed by atoms with Crippen LogP contribution in [-0.2, 0) is 9.53 Å². The fourth-order valence-electron chi connectivity index (χ4n) is 2.68. The molecule has 3 rings (SSSR count). The third kappa shape index (κ3) is 4.56. The molecule has 0 atom stereocenters. The maximum absolute atomic E-state index is 13.4. The van der Waals surface area contributed by atoms with Crippen LogP contribution in [0.5, 0.6) is 0 Å². The summed E-state index contributed by atoms with van der Waals surface area (Å²) in [4.78, 5) is 16.4. The second kappa shape index (κ2) is 9.16. The number of hydrogen-bond acceptors (Lipinski definition) is 5. The molecule has 3 aromatic rings. The Morgan fingerprint density at radius 2 is 1.86 bits per heavy atom. The van der Waals surface area contributed by atoms with E-state index in [9.17, 15) is 14.4 Å². The van der Waals surface area contributed by atoms with Gasteiger partial charge in [0.05, 0.1) is 23.6 Å². The summed E-state index contributed by atoms with van der Waals surface area (Å²) < 4.78 is 18.3. The molecule has 28 heavy (non-hydrogen) atoms. The molecule has 1 heterocycles. The van der Waals surface area contributed by atoms with Gasteiger partial charge in [-0.3, -0.25) is 4.79 Å². The molecule has 0 unspecified atom stereocenters. The molecule has 0 spiro atoms. The first-order valence-electron chi connectivity index (χ1n) is 8.67. The highest BCUT2D eigenvalue weighted by Crippen LogP contribution is 2.34. The average molecular weight is 392 g/mol. The zero-order valence-corrected chi connectivity index (χ0v) is 16.0. The van der Waals surface area contributed by atoms with Crippen molar-refractivity contribution in [2.45, 2.75) is 11.9 Å². The Kier molecular flexibility index (Phi) is 6.41. The van der Waals surface area contributed by atoms with Crippen molar-refractivity contribution in [2.24, 2.45) is 0 Å². The van der Waals surface area contributed by atoms with Crippen molar-refractivity contribution in [1.29, 1.82) is 5.26 Å². The molecule has 2 aromatic carbocycles. The first-order chi connectivity index (χ1) is 13.6. The van der Waals surface area contributed by atoms with Gasteiger partial charge in [0, 0.05) is 11.1 Å². The van der Waals surface area contributed by atoms with Gasteiger partial charge in [-0.15, -0.1) is 0 Å². The van der Waals surface area contributed by atoms with E-state index in [1.165, 1.54) is 12.1 Å². The van der Waals surface area contributed by atoms with Crippen LogP contribution in [0, 0.1) is 17.1 Å². The summed E-state index contributed by atoms with van der Waals surface area (Å²) in [6, 6.07) is 19.5. The van der Waals surface area contributed by atoms with E-state index in [0.717, 1.165) is 17.3 Å². The number of aromatic nitrogens is 1. The maximum Gasteiger partial charge on any atom is 0.316 e. The van der Waals surface area contributed by atoms with Crippen molar-refractivity contribution in [3.05, 3.63) is 72.0 Å². The van der Waals surface area contributed by atoms with Gasteiger partial charge in [0.25, 0.3) is 0 Å². The summed E-state index contributed by atoms with van der Waals surface area (Å²) >= 11 is 1.16. The van der Waals surface area contributed by atoms with E-state index in [4.69, 9.17) is 4.74 Å². The second-order valence-electron chi connectivity index (χ2n) is 5.81. The smallest absolute Gasteiger partial charge is 0.316 e. The van der Waals surface area contributed by atoms with Gasteiger partial charge in [-0.25, -0.2) is 9.37 Å². The molecule has 0 N–H and O–H groups in total. The number of carbonyl (C=O) groups excluding carboxylic acids is 1. The van der Waals surface area contributed by atoms with Crippen molar-refractivity contribution in [3.8, 4) is 28.5 Å². The summed E-state index contributed by atoms with van der Waals surface area (Å²) in [6.07, 6.45) is 0. The van der Waals surface area contributed by atoms with Crippen LogP contribution in [0.3, 0.4) is 0 Å². The minimum absolute atomic E-state index is 0.0522. The highest BCUT2D eigenvalue weighted by molar-refractivity contribution is 7.99. The quantitative estimate of drug-likeness (QED) is 0.432. The number of nitriles is 1. The number of esters is 1. The normalized spacial score (nSPS) is 10.3. The standard InChI is InChI=1S/C22H17FN2O2S/c1-2-27-21(26)14-28-22-19(13-24)18(15-8-10-17(23)11-9-15)12-20(25-22)16-6-4-3-5-7-16/h3-12H,2,14H2,1H3.